The smallest absolute Gasteiger partial charge is 0.267 e. The fourth-order valence-electron chi connectivity index (χ4n) is 2.56. The second-order valence-corrected chi connectivity index (χ2v) is 5.26. The molecule has 0 radical (unpaired) electrons. The number of aromatic nitrogens is 3. The average Bonchev–Trinajstić information content (AvgIpc) is 3.09. The van der Waals surface area contributed by atoms with Gasteiger partial charge in [0.15, 0.2) is 11.6 Å². The first-order chi connectivity index (χ1) is 11.2. The Balaban J connectivity index is 2.14. The summed E-state index contributed by atoms with van der Waals surface area (Å²) in [5.74, 6) is 1.49. The van der Waals surface area contributed by atoms with Crippen molar-refractivity contribution < 1.29 is 4.42 Å². The van der Waals surface area contributed by atoms with Crippen LogP contribution < -0.4 is 5.56 Å². The zero-order valence-corrected chi connectivity index (χ0v) is 12.4. The summed E-state index contributed by atoms with van der Waals surface area (Å²) < 4.78 is 6.96. The van der Waals surface area contributed by atoms with Crippen molar-refractivity contribution in [2.75, 3.05) is 0 Å². The van der Waals surface area contributed by atoms with E-state index in [0.717, 1.165) is 5.56 Å². The molecule has 4 rings (SSSR count). The summed E-state index contributed by atoms with van der Waals surface area (Å²) in [6.07, 6.45) is 3.24. The molecule has 0 N–H and O–H groups in total. The third kappa shape index (κ3) is 2.23. The second kappa shape index (κ2) is 5.21. The van der Waals surface area contributed by atoms with E-state index in [0.29, 0.717) is 28.3 Å². The molecule has 0 amide bonds. The first-order valence-corrected chi connectivity index (χ1v) is 7.23. The molecular weight excluding hydrogens is 290 g/mol. The van der Waals surface area contributed by atoms with Gasteiger partial charge in [0.1, 0.15) is 5.82 Å². The van der Waals surface area contributed by atoms with Crippen LogP contribution in [0.3, 0.4) is 0 Å². The Morgan fingerprint density at radius 3 is 2.74 bits per heavy atom. The van der Waals surface area contributed by atoms with Crippen molar-refractivity contribution in [1.82, 2.24) is 14.5 Å². The number of rotatable bonds is 2. The van der Waals surface area contributed by atoms with Gasteiger partial charge in [-0.3, -0.25) is 4.79 Å². The van der Waals surface area contributed by atoms with Gasteiger partial charge >= 0.3 is 0 Å². The molecule has 0 atom stereocenters. The number of hydrogen-bond donors (Lipinski definition) is 0. The minimum atomic E-state index is -0.167. The van der Waals surface area contributed by atoms with E-state index in [4.69, 9.17) is 4.42 Å². The normalized spacial score (nSPS) is 11.0. The SMILES string of the molecule is Cc1ccnc(-n2c(-c3ccco3)nc3ccccc3c2=O)c1. The van der Waals surface area contributed by atoms with E-state index in [1.54, 1.807) is 30.7 Å². The highest BCUT2D eigenvalue weighted by atomic mass is 16.3. The molecule has 23 heavy (non-hydrogen) atoms. The van der Waals surface area contributed by atoms with Gasteiger partial charge in [-0.15, -0.1) is 0 Å². The van der Waals surface area contributed by atoms with Crippen LogP contribution in [0.4, 0.5) is 0 Å². The van der Waals surface area contributed by atoms with Crippen LogP contribution in [0, 0.1) is 6.92 Å². The van der Waals surface area contributed by atoms with Gasteiger partial charge in [0.25, 0.3) is 5.56 Å². The van der Waals surface area contributed by atoms with E-state index < -0.39 is 0 Å². The molecule has 3 aromatic heterocycles. The molecule has 0 spiro atoms. The zero-order valence-electron chi connectivity index (χ0n) is 12.4. The number of aryl methyl sites for hydroxylation is 1. The molecule has 0 aliphatic carbocycles. The maximum atomic E-state index is 13.0. The molecule has 0 aliphatic heterocycles. The average molecular weight is 303 g/mol. The molecule has 0 saturated carbocycles. The number of nitrogens with zero attached hydrogens (tertiary/aromatic N) is 3. The monoisotopic (exact) mass is 303 g/mol. The van der Waals surface area contributed by atoms with Gasteiger partial charge in [0, 0.05) is 6.20 Å². The van der Waals surface area contributed by atoms with Gasteiger partial charge < -0.3 is 4.42 Å². The first-order valence-electron chi connectivity index (χ1n) is 7.23. The Kier molecular flexibility index (Phi) is 3.05. The van der Waals surface area contributed by atoms with Crippen molar-refractivity contribution in [2.24, 2.45) is 0 Å². The summed E-state index contributed by atoms with van der Waals surface area (Å²) in [6, 6.07) is 14.6. The van der Waals surface area contributed by atoms with Crippen LogP contribution in [-0.2, 0) is 0 Å². The van der Waals surface area contributed by atoms with E-state index in [1.165, 1.54) is 4.57 Å². The van der Waals surface area contributed by atoms with Crippen molar-refractivity contribution in [2.45, 2.75) is 6.92 Å². The molecule has 112 valence electrons. The van der Waals surface area contributed by atoms with Crippen molar-refractivity contribution in [3.8, 4) is 17.4 Å². The number of benzene rings is 1. The summed E-state index contributed by atoms with van der Waals surface area (Å²) in [6.45, 7) is 1.96. The van der Waals surface area contributed by atoms with Gasteiger partial charge in [-0.1, -0.05) is 12.1 Å². The van der Waals surface area contributed by atoms with Gasteiger partial charge in [-0.25, -0.2) is 14.5 Å². The van der Waals surface area contributed by atoms with E-state index in [1.807, 2.05) is 37.3 Å². The fourth-order valence-corrected chi connectivity index (χ4v) is 2.56. The predicted molar refractivity (Wildman–Crippen MR) is 87.6 cm³/mol. The van der Waals surface area contributed by atoms with Gasteiger partial charge in [0.05, 0.1) is 17.2 Å². The Hall–Kier alpha value is -3.21. The molecule has 4 aromatic rings. The Bertz CT molecular complexity index is 1050. The van der Waals surface area contributed by atoms with Crippen LogP contribution >= 0.6 is 0 Å². The third-order valence-corrected chi connectivity index (χ3v) is 3.65. The zero-order chi connectivity index (χ0) is 15.8. The quantitative estimate of drug-likeness (QED) is 0.570. The van der Waals surface area contributed by atoms with Gasteiger partial charge in [-0.2, -0.15) is 0 Å². The lowest BCUT2D eigenvalue weighted by molar-refractivity contribution is 0.574. The lowest BCUT2D eigenvalue weighted by Gasteiger charge is -2.11. The van der Waals surface area contributed by atoms with Crippen molar-refractivity contribution in [3.63, 3.8) is 0 Å². The summed E-state index contributed by atoms with van der Waals surface area (Å²) in [5.41, 5.74) is 1.48. The molecule has 0 saturated heterocycles. The molecule has 0 unspecified atom stereocenters. The molecule has 0 bridgehead atoms. The fraction of sp³-hybridized carbons (Fsp3) is 0.0556. The number of pyridine rings is 1. The van der Waals surface area contributed by atoms with Crippen molar-refractivity contribution >= 4 is 10.9 Å². The summed E-state index contributed by atoms with van der Waals surface area (Å²) in [4.78, 5) is 21.9. The van der Waals surface area contributed by atoms with Crippen LogP contribution in [0.5, 0.6) is 0 Å². The van der Waals surface area contributed by atoms with E-state index >= 15 is 0 Å². The Labute approximate surface area is 131 Å². The molecular formula is C18H13N3O2. The van der Waals surface area contributed by atoms with Crippen LogP contribution in [0.2, 0.25) is 0 Å². The highest BCUT2D eigenvalue weighted by Gasteiger charge is 2.16. The summed E-state index contributed by atoms with van der Waals surface area (Å²) in [5, 5.41) is 0.547. The lowest BCUT2D eigenvalue weighted by Crippen LogP contribution is -2.22. The topological polar surface area (TPSA) is 60.9 Å². The van der Waals surface area contributed by atoms with E-state index in [2.05, 4.69) is 9.97 Å². The Morgan fingerprint density at radius 1 is 1.09 bits per heavy atom. The number of para-hydroxylation sites is 1. The minimum Gasteiger partial charge on any atom is -0.461 e. The maximum Gasteiger partial charge on any atom is 0.267 e. The highest BCUT2D eigenvalue weighted by Crippen LogP contribution is 2.21. The van der Waals surface area contributed by atoms with Gasteiger partial charge in [0.2, 0.25) is 0 Å². The molecule has 5 nitrogen and oxygen atoms in total. The second-order valence-electron chi connectivity index (χ2n) is 5.26. The molecule has 5 heteroatoms. The summed E-state index contributed by atoms with van der Waals surface area (Å²) in [7, 11) is 0. The number of fused-ring (bicyclic) bond motifs is 1. The molecule has 1 aromatic carbocycles. The van der Waals surface area contributed by atoms with E-state index in [-0.39, 0.29) is 5.56 Å². The van der Waals surface area contributed by atoms with E-state index in [9.17, 15) is 4.79 Å². The maximum absolute atomic E-state index is 13.0. The van der Waals surface area contributed by atoms with Crippen LogP contribution in [0.15, 0.2) is 70.2 Å². The van der Waals surface area contributed by atoms with Crippen LogP contribution in [0.1, 0.15) is 5.56 Å². The highest BCUT2D eigenvalue weighted by molar-refractivity contribution is 5.79. The molecule has 0 fully saturated rings. The van der Waals surface area contributed by atoms with Crippen molar-refractivity contribution in [1.29, 1.82) is 0 Å². The molecule has 3 heterocycles. The van der Waals surface area contributed by atoms with Gasteiger partial charge in [-0.05, 0) is 48.9 Å². The predicted octanol–water partition coefficient (Wildman–Crippen LogP) is 3.35. The number of furan rings is 1. The van der Waals surface area contributed by atoms with Crippen LogP contribution in [-0.4, -0.2) is 14.5 Å². The summed E-state index contributed by atoms with van der Waals surface area (Å²) >= 11 is 0. The lowest BCUT2D eigenvalue weighted by atomic mass is 10.2. The third-order valence-electron chi connectivity index (χ3n) is 3.65. The minimum absolute atomic E-state index is 0.167. The molecule has 0 aliphatic rings. The van der Waals surface area contributed by atoms with Crippen LogP contribution in [0.25, 0.3) is 28.3 Å². The first kappa shape index (κ1) is 13.5. The standard InChI is InChI=1S/C18H13N3O2/c1-12-8-9-19-16(11-12)21-17(15-7-4-10-23-15)20-14-6-3-2-5-13(14)18(21)22/h2-11H,1H3. The Morgan fingerprint density at radius 2 is 1.96 bits per heavy atom. The number of hydrogen-bond acceptors (Lipinski definition) is 4. The van der Waals surface area contributed by atoms with Crippen molar-refractivity contribution in [3.05, 3.63) is 76.9 Å². The largest absolute Gasteiger partial charge is 0.461 e.